The van der Waals surface area contributed by atoms with Crippen LogP contribution in [0.3, 0.4) is 0 Å². The number of aliphatic hydroxyl groups is 2. The van der Waals surface area contributed by atoms with Crippen LogP contribution in [-0.4, -0.2) is 35.6 Å². The van der Waals surface area contributed by atoms with Crippen LogP contribution < -0.4 is 10.5 Å². The van der Waals surface area contributed by atoms with Crippen molar-refractivity contribution in [3.05, 3.63) is 64.2 Å². The third-order valence-corrected chi connectivity index (χ3v) is 5.24. The summed E-state index contributed by atoms with van der Waals surface area (Å²) in [6.45, 7) is 3.30. The number of aryl methyl sites for hydroxylation is 4. The van der Waals surface area contributed by atoms with Gasteiger partial charge >= 0.3 is 6.18 Å². The van der Waals surface area contributed by atoms with E-state index < -0.39 is 30.5 Å². The zero-order valence-electron chi connectivity index (χ0n) is 17.4. The van der Waals surface area contributed by atoms with Gasteiger partial charge in [-0.05, 0) is 68.4 Å². The topological polar surface area (TPSA) is 75.7 Å². The Kier molecular flexibility index (Phi) is 8.29. The van der Waals surface area contributed by atoms with Gasteiger partial charge in [-0.3, -0.25) is 0 Å². The van der Waals surface area contributed by atoms with Gasteiger partial charge in [-0.1, -0.05) is 29.8 Å². The van der Waals surface area contributed by atoms with Crippen LogP contribution in [0.2, 0.25) is 0 Å². The summed E-state index contributed by atoms with van der Waals surface area (Å²) >= 11 is 0. The van der Waals surface area contributed by atoms with Gasteiger partial charge in [0.15, 0.2) is 0 Å². The molecule has 0 spiro atoms. The molecular formula is C23H30F3NO3. The molecule has 0 bridgehead atoms. The average Bonchev–Trinajstić information content (AvgIpc) is 2.71. The van der Waals surface area contributed by atoms with Gasteiger partial charge in [0.05, 0.1) is 30.9 Å². The molecule has 0 radical (unpaired) electrons. The Morgan fingerprint density at radius 3 is 2.30 bits per heavy atom. The first kappa shape index (κ1) is 24.2. The van der Waals surface area contributed by atoms with Crippen LogP contribution in [0.15, 0.2) is 36.4 Å². The summed E-state index contributed by atoms with van der Waals surface area (Å²) in [5.74, 6) is -0.199. The van der Waals surface area contributed by atoms with Crippen molar-refractivity contribution >= 4 is 0 Å². The van der Waals surface area contributed by atoms with E-state index in [0.717, 1.165) is 23.6 Å². The number of nitrogens with two attached hydrogens (primary N) is 1. The third kappa shape index (κ3) is 6.72. The summed E-state index contributed by atoms with van der Waals surface area (Å²) in [6, 6.07) is 10.1. The molecule has 2 rings (SSSR count). The molecule has 0 aromatic heterocycles. The van der Waals surface area contributed by atoms with Gasteiger partial charge in [0.25, 0.3) is 0 Å². The van der Waals surface area contributed by atoms with E-state index in [0.29, 0.717) is 12.0 Å². The van der Waals surface area contributed by atoms with E-state index in [-0.39, 0.29) is 25.2 Å². The lowest BCUT2D eigenvalue weighted by Gasteiger charge is -2.24. The fraction of sp³-hybridized carbons (Fsp3) is 0.478. The van der Waals surface area contributed by atoms with E-state index in [1.165, 1.54) is 11.6 Å². The largest absolute Gasteiger partial charge is 0.493 e. The lowest BCUT2D eigenvalue weighted by Crippen LogP contribution is -2.47. The number of aliphatic hydroxyl groups excluding tert-OH is 2. The van der Waals surface area contributed by atoms with Crippen LogP contribution in [0.1, 0.15) is 40.7 Å². The van der Waals surface area contributed by atoms with E-state index in [4.69, 9.17) is 10.5 Å². The number of halogens is 3. The van der Waals surface area contributed by atoms with Crippen LogP contribution in [0.4, 0.5) is 13.2 Å². The second kappa shape index (κ2) is 10.3. The summed E-state index contributed by atoms with van der Waals surface area (Å²) in [5, 5.41) is 18.5. The molecule has 2 aromatic rings. The van der Waals surface area contributed by atoms with Crippen molar-refractivity contribution in [2.24, 2.45) is 5.73 Å². The van der Waals surface area contributed by atoms with Gasteiger partial charge in [-0.2, -0.15) is 13.2 Å². The van der Waals surface area contributed by atoms with E-state index in [2.05, 4.69) is 6.07 Å². The maximum atomic E-state index is 13.5. The third-order valence-electron chi connectivity index (χ3n) is 5.24. The fourth-order valence-corrected chi connectivity index (χ4v) is 3.20. The fourth-order valence-electron chi connectivity index (χ4n) is 3.20. The van der Waals surface area contributed by atoms with Gasteiger partial charge in [0.1, 0.15) is 5.75 Å². The van der Waals surface area contributed by atoms with Gasteiger partial charge in [0.2, 0.25) is 0 Å². The predicted octanol–water partition coefficient (Wildman–Crippen LogP) is 3.95. The highest BCUT2D eigenvalue weighted by Gasteiger charge is 2.35. The Hall–Kier alpha value is -2.09. The summed E-state index contributed by atoms with van der Waals surface area (Å²) in [7, 11) is 0. The van der Waals surface area contributed by atoms with E-state index in [9.17, 15) is 23.4 Å². The molecule has 2 aromatic carbocycles. The Bertz CT molecular complexity index is 833. The molecule has 0 aliphatic carbocycles. The van der Waals surface area contributed by atoms with Crippen molar-refractivity contribution < 1.29 is 28.1 Å². The quantitative estimate of drug-likeness (QED) is 0.504. The Balaban J connectivity index is 2.03. The zero-order chi connectivity index (χ0) is 22.4. The Morgan fingerprint density at radius 2 is 1.67 bits per heavy atom. The van der Waals surface area contributed by atoms with Gasteiger partial charge in [-0.15, -0.1) is 0 Å². The first-order chi connectivity index (χ1) is 14.1. The standard InChI is InChI=1S/C23H30F3NO3/c1-16-5-6-17(2)19(12-16)4-3-11-30-21-8-7-18(13-20(21)23(24,25)26)9-10-22(27,14-28)15-29/h5-8,12-13,28-29H,3-4,9-11,14-15,27H2,1-2H3. The Labute approximate surface area is 175 Å². The monoisotopic (exact) mass is 425 g/mol. The molecule has 0 aliphatic rings. The smallest absolute Gasteiger partial charge is 0.419 e. The average molecular weight is 425 g/mol. The van der Waals surface area contributed by atoms with Crippen LogP contribution in [0.5, 0.6) is 5.75 Å². The van der Waals surface area contributed by atoms with Crippen molar-refractivity contribution in [1.29, 1.82) is 0 Å². The van der Waals surface area contributed by atoms with Crippen molar-refractivity contribution in [2.75, 3.05) is 19.8 Å². The molecule has 0 aliphatic heterocycles. The van der Waals surface area contributed by atoms with Crippen LogP contribution in [-0.2, 0) is 19.0 Å². The molecule has 166 valence electrons. The number of ether oxygens (including phenoxy) is 1. The minimum atomic E-state index is -4.55. The first-order valence-electron chi connectivity index (χ1n) is 9.97. The molecule has 4 N–H and O–H groups in total. The maximum absolute atomic E-state index is 13.5. The lowest BCUT2D eigenvalue weighted by atomic mass is 9.93. The van der Waals surface area contributed by atoms with Crippen LogP contribution >= 0.6 is 0 Å². The van der Waals surface area contributed by atoms with Gasteiger partial charge < -0.3 is 20.7 Å². The molecule has 4 nitrogen and oxygen atoms in total. The number of hydrogen-bond donors (Lipinski definition) is 3. The molecular weight excluding hydrogens is 395 g/mol. The SMILES string of the molecule is Cc1ccc(C)c(CCCOc2ccc(CCC(N)(CO)CO)cc2C(F)(F)F)c1. The molecule has 0 unspecified atom stereocenters. The second-order valence-electron chi connectivity index (χ2n) is 7.89. The van der Waals surface area contributed by atoms with Crippen molar-refractivity contribution in [3.8, 4) is 5.75 Å². The zero-order valence-corrected chi connectivity index (χ0v) is 17.4. The molecule has 0 saturated heterocycles. The molecule has 30 heavy (non-hydrogen) atoms. The maximum Gasteiger partial charge on any atom is 0.419 e. The van der Waals surface area contributed by atoms with Gasteiger partial charge in [0, 0.05) is 0 Å². The molecule has 0 heterocycles. The predicted molar refractivity (Wildman–Crippen MR) is 111 cm³/mol. The highest BCUT2D eigenvalue weighted by molar-refractivity contribution is 5.39. The highest BCUT2D eigenvalue weighted by atomic mass is 19.4. The highest BCUT2D eigenvalue weighted by Crippen LogP contribution is 2.37. The lowest BCUT2D eigenvalue weighted by molar-refractivity contribution is -0.139. The van der Waals surface area contributed by atoms with E-state index >= 15 is 0 Å². The number of alkyl halides is 3. The summed E-state index contributed by atoms with van der Waals surface area (Å²) in [6.07, 6.45) is -2.85. The van der Waals surface area contributed by atoms with Crippen LogP contribution in [0, 0.1) is 13.8 Å². The minimum absolute atomic E-state index is 0.160. The van der Waals surface area contributed by atoms with Crippen molar-refractivity contribution in [1.82, 2.24) is 0 Å². The van der Waals surface area contributed by atoms with Crippen LogP contribution in [0.25, 0.3) is 0 Å². The molecule has 0 atom stereocenters. The molecule has 0 saturated carbocycles. The normalized spacial score (nSPS) is 12.3. The minimum Gasteiger partial charge on any atom is -0.493 e. The summed E-state index contributed by atoms with van der Waals surface area (Å²) < 4.78 is 46.0. The molecule has 0 fully saturated rings. The molecule has 7 heteroatoms. The van der Waals surface area contributed by atoms with Crippen molar-refractivity contribution in [2.45, 2.75) is 51.2 Å². The van der Waals surface area contributed by atoms with Gasteiger partial charge in [-0.25, -0.2) is 0 Å². The number of benzene rings is 2. The van der Waals surface area contributed by atoms with Crippen molar-refractivity contribution in [3.63, 3.8) is 0 Å². The van der Waals surface area contributed by atoms with E-state index in [1.807, 2.05) is 26.0 Å². The summed E-state index contributed by atoms with van der Waals surface area (Å²) in [4.78, 5) is 0. The molecule has 0 amide bonds. The number of rotatable bonds is 10. The first-order valence-corrected chi connectivity index (χ1v) is 9.97. The summed E-state index contributed by atoms with van der Waals surface area (Å²) in [5.41, 5.74) is 7.64. The second-order valence-corrected chi connectivity index (χ2v) is 7.89. The number of hydrogen-bond acceptors (Lipinski definition) is 4. The Morgan fingerprint density at radius 1 is 0.967 bits per heavy atom. The van der Waals surface area contributed by atoms with E-state index in [1.54, 1.807) is 6.07 Å².